The maximum absolute atomic E-state index is 11.1. The molecule has 2 rings (SSSR count). The van der Waals surface area contributed by atoms with Crippen molar-refractivity contribution in [2.45, 2.75) is 25.8 Å². The summed E-state index contributed by atoms with van der Waals surface area (Å²) in [6.07, 6.45) is 1.14. The lowest BCUT2D eigenvalue weighted by Crippen LogP contribution is -2.42. The van der Waals surface area contributed by atoms with E-state index in [0.717, 1.165) is 0 Å². The summed E-state index contributed by atoms with van der Waals surface area (Å²) in [6, 6.07) is 2.84. The SMILES string of the molecule is CCNc1cc([N+](=O)[O-])cc(NC2CCC(=O)NC2)n1. The molecule has 1 atom stereocenters. The number of piperidine rings is 1. The fourth-order valence-corrected chi connectivity index (χ4v) is 2.03. The van der Waals surface area contributed by atoms with E-state index in [1.54, 1.807) is 0 Å². The Balaban J connectivity index is 2.13. The number of anilines is 2. The highest BCUT2D eigenvalue weighted by molar-refractivity contribution is 5.77. The zero-order chi connectivity index (χ0) is 14.5. The Hall–Kier alpha value is -2.38. The van der Waals surface area contributed by atoms with Gasteiger partial charge >= 0.3 is 0 Å². The summed E-state index contributed by atoms with van der Waals surface area (Å²) in [5.41, 5.74) is -0.0155. The lowest BCUT2D eigenvalue weighted by molar-refractivity contribution is -0.384. The predicted octanol–water partition coefficient (Wildman–Crippen LogP) is 1.11. The maximum Gasteiger partial charge on any atom is 0.276 e. The lowest BCUT2D eigenvalue weighted by atomic mass is 10.1. The van der Waals surface area contributed by atoms with Crippen LogP contribution in [0.15, 0.2) is 12.1 Å². The Labute approximate surface area is 116 Å². The van der Waals surface area contributed by atoms with Crippen molar-refractivity contribution in [1.29, 1.82) is 0 Å². The van der Waals surface area contributed by atoms with E-state index in [2.05, 4.69) is 20.9 Å². The van der Waals surface area contributed by atoms with Crippen molar-refractivity contribution < 1.29 is 9.72 Å². The van der Waals surface area contributed by atoms with Crippen LogP contribution < -0.4 is 16.0 Å². The van der Waals surface area contributed by atoms with E-state index in [1.807, 2.05) is 6.92 Å². The average molecular weight is 279 g/mol. The molecule has 8 heteroatoms. The number of carbonyl (C=O) groups is 1. The van der Waals surface area contributed by atoms with Crippen LogP contribution in [0.3, 0.4) is 0 Å². The predicted molar refractivity (Wildman–Crippen MR) is 74.7 cm³/mol. The fourth-order valence-electron chi connectivity index (χ4n) is 2.03. The van der Waals surface area contributed by atoms with Crippen molar-refractivity contribution in [1.82, 2.24) is 10.3 Å². The Morgan fingerprint density at radius 1 is 1.50 bits per heavy atom. The van der Waals surface area contributed by atoms with Crippen LogP contribution in [0.25, 0.3) is 0 Å². The molecule has 1 unspecified atom stereocenters. The highest BCUT2D eigenvalue weighted by Crippen LogP contribution is 2.22. The number of carbonyl (C=O) groups excluding carboxylic acids is 1. The number of nitro groups is 1. The third-order valence-electron chi connectivity index (χ3n) is 3.00. The average Bonchev–Trinajstić information content (AvgIpc) is 2.41. The minimum Gasteiger partial charge on any atom is -0.370 e. The highest BCUT2D eigenvalue weighted by atomic mass is 16.6. The summed E-state index contributed by atoms with van der Waals surface area (Å²) in [5.74, 6) is 0.934. The molecule has 1 aromatic heterocycles. The van der Waals surface area contributed by atoms with Gasteiger partial charge in [0.05, 0.1) is 17.1 Å². The third kappa shape index (κ3) is 3.56. The van der Waals surface area contributed by atoms with Crippen LogP contribution in [-0.2, 0) is 4.79 Å². The molecule has 0 saturated carbocycles. The molecule has 0 aromatic carbocycles. The number of nitrogens with one attached hydrogen (secondary N) is 3. The van der Waals surface area contributed by atoms with E-state index in [-0.39, 0.29) is 17.6 Å². The summed E-state index contributed by atoms with van der Waals surface area (Å²) in [4.78, 5) is 25.8. The monoisotopic (exact) mass is 279 g/mol. The van der Waals surface area contributed by atoms with Crippen molar-refractivity contribution in [3.8, 4) is 0 Å². The molecule has 0 aliphatic carbocycles. The van der Waals surface area contributed by atoms with Gasteiger partial charge in [0.25, 0.3) is 5.69 Å². The number of nitrogens with zero attached hydrogens (tertiary/aromatic N) is 2. The molecule has 0 radical (unpaired) electrons. The molecule has 8 nitrogen and oxygen atoms in total. The van der Waals surface area contributed by atoms with Crippen LogP contribution in [0.2, 0.25) is 0 Å². The first-order chi connectivity index (χ1) is 9.58. The maximum atomic E-state index is 11.1. The zero-order valence-electron chi connectivity index (χ0n) is 11.2. The Kier molecular flexibility index (Phi) is 4.34. The molecule has 0 spiro atoms. The van der Waals surface area contributed by atoms with E-state index in [9.17, 15) is 14.9 Å². The number of hydrogen-bond acceptors (Lipinski definition) is 6. The minimum absolute atomic E-state index is 0.0155. The normalized spacial score (nSPS) is 18.2. The second-order valence-corrected chi connectivity index (χ2v) is 4.57. The van der Waals surface area contributed by atoms with Crippen LogP contribution in [0.5, 0.6) is 0 Å². The summed E-state index contributed by atoms with van der Waals surface area (Å²) in [6.45, 7) is 3.02. The summed E-state index contributed by atoms with van der Waals surface area (Å²) in [7, 11) is 0. The van der Waals surface area contributed by atoms with Crippen LogP contribution in [0.4, 0.5) is 17.3 Å². The first-order valence-corrected chi connectivity index (χ1v) is 6.52. The summed E-state index contributed by atoms with van der Waals surface area (Å²) >= 11 is 0. The van der Waals surface area contributed by atoms with Gasteiger partial charge < -0.3 is 16.0 Å². The number of aromatic nitrogens is 1. The summed E-state index contributed by atoms with van der Waals surface area (Å²) in [5, 5.41) is 19.7. The largest absolute Gasteiger partial charge is 0.370 e. The molecule has 1 aliphatic rings. The van der Waals surface area contributed by atoms with E-state index in [0.29, 0.717) is 37.6 Å². The van der Waals surface area contributed by atoms with Crippen LogP contribution in [0, 0.1) is 10.1 Å². The number of rotatable bonds is 5. The molecular weight excluding hydrogens is 262 g/mol. The van der Waals surface area contributed by atoms with Crippen molar-refractivity contribution in [3.05, 3.63) is 22.2 Å². The van der Waals surface area contributed by atoms with Gasteiger partial charge in [-0.05, 0) is 13.3 Å². The summed E-state index contributed by atoms with van der Waals surface area (Å²) < 4.78 is 0. The number of hydrogen-bond donors (Lipinski definition) is 3. The highest BCUT2D eigenvalue weighted by Gasteiger charge is 2.19. The molecule has 1 amide bonds. The van der Waals surface area contributed by atoms with Gasteiger partial charge in [0.1, 0.15) is 11.6 Å². The number of amides is 1. The number of pyridine rings is 1. The second kappa shape index (κ2) is 6.18. The van der Waals surface area contributed by atoms with E-state index >= 15 is 0 Å². The van der Waals surface area contributed by atoms with Gasteiger partial charge in [-0.25, -0.2) is 4.98 Å². The van der Waals surface area contributed by atoms with Crippen molar-refractivity contribution in [3.63, 3.8) is 0 Å². The van der Waals surface area contributed by atoms with Crippen molar-refractivity contribution in [2.24, 2.45) is 0 Å². The van der Waals surface area contributed by atoms with E-state index in [4.69, 9.17) is 0 Å². The van der Waals surface area contributed by atoms with Gasteiger partial charge in [0.15, 0.2) is 0 Å². The Morgan fingerprint density at radius 2 is 2.25 bits per heavy atom. The molecule has 0 bridgehead atoms. The molecule has 1 saturated heterocycles. The third-order valence-corrected chi connectivity index (χ3v) is 3.00. The Bertz CT molecular complexity index is 510. The molecule has 108 valence electrons. The standard InChI is InChI=1S/C12H17N5O3/c1-2-13-10-5-9(17(19)20)6-11(16-10)15-8-3-4-12(18)14-7-8/h5-6,8H,2-4,7H2,1H3,(H,14,18)(H2,13,15,16). The van der Waals surface area contributed by atoms with Gasteiger partial charge in [-0.3, -0.25) is 14.9 Å². The molecule has 1 fully saturated rings. The first kappa shape index (κ1) is 14.0. The minimum atomic E-state index is -0.448. The molecule has 20 heavy (non-hydrogen) atoms. The van der Waals surface area contributed by atoms with Crippen molar-refractivity contribution in [2.75, 3.05) is 23.7 Å². The zero-order valence-corrected chi connectivity index (χ0v) is 11.2. The van der Waals surface area contributed by atoms with E-state index < -0.39 is 4.92 Å². The van der Waals surface area contributed by atoms with Gasteiger partial charge in [-0.15, -0.1) is 0 Å². The molecule has 1 aliphatic heterocycles. The van der Waals surface area contributed by atoms with Crippen molar-refractivity contribution >= 4 is 23.2 Å². The fraction of sp³-hybridized carbons (Fsp3) is 0.500. The molecule has 1 aromatic rings. The van der Waals surface area contributed by atoms with Gasteiger partial charge in [-0.2, -0.15) is 0 Å². The second-order valence-electron chi connectivity index (χ2n) is 4.57. The Morgan fingerprint density at radius 3 is 2.85 bits per heavy atom. The van der Waals surface area contributed by atoms with Gasteiger partial charge in [0.2, 0.25) is 5.91 Å². The topological polar surface area (TPSA) is 109 Å². The van der Waals surface area contributed by atoms with Crippen LogP contribution in [-0.4, -0.2) is 34.9 Å². The molecular formula is C12H17N5O3. The van der Waals surface area contributed by atoms with Crippen LogP contribution in [0.1, 0.15) is 19.8 Å². The quantitative estimate of drug-likeness (QED) is 0.550. The molecule has 2 heterocycles. The lowest BCUT2D eigenvalue weighted by Gasteiger charge is -2.24. The molecule has 3 N–H and O–H groups in total. The van der Waals surface area contributed by atoms with Gasteiger partial charge in [-0.1, -0.05) is 0 Å². The van der Waals surface area contributed by atoms with Crippen LogP contribution >= 0.6 is 0 Å². The van der Waals surface area contributed by atoms with Gasteiger partial charge in [0, 0.05) is 25.6 Å². The van der Waals surface area contributed by atoms with E-state index in [1.165, 1.54) is 12.1 Å². The first-order valence-electron chi connectivity index (χ1n) is 6.52. The smallest absolute Gasteiger partial charge is 0.276 e.